The number of rotatable bonds is 10. The van der Waals surface area contributed by atoms with E-state index in [2.05, 4.69) is 29.0 Å². The molecular formula is C21H25N5O4. The maximum absolute atomic E-state index is 12.7. The Morgan fingerprint density at radius 1 is 1.33 bits per heavy atom. The van der Waals surface area contributed by atoms with Gasteiger partial charge < -0.3 is 14.3 Å². The second kappa shape index (κ2) is 9.36. The topological polar surface area (TPSA) is 106 Å². The van der Waals surface area contributed by atoms with Crippen molar-refractivity contribution in [1.29, 1.82) is 0 Å². The molecule has 0 radical (unpaired) electrons. The summed E-state index contributed by atoms with van der Waals surface area (Å²) in [4.78, 5) is 30.1. The largest absolute Gasteiger partial charge is 0.468 e. The van der Waals surface area contributed by atoms with Gasteiger partial charge in [0.05, 0.1) is 17.2 Å². The van der Waals surface area contributed by atoms with Crippen LogP contribution in [0.15, 0.2) is 53.4 Å². The van der Waals surface area contributed by atoms with Crippen LogP contribution in [0.3, 0.4) is 0 Å². The van der Waals surface area contributed by atoms with E-state index in [1.165, 1.54) is 12.3 Å². The van der Waals surface area contributed by atoms with Gasteiger partial charge in [0.25, 0.3) is 5.69 Å². The first-order valence-corrected chi connectivity index (χ1v) is 9.78. The van der Waals surface area contributed by atoms with Crippen LogP contribution in [0, 0.1) is 10.1 Å². The summed E-state index contributed by atoms with van der Waals surface area (Å²) in [6.07, 6.45) is 4.78. The maximum Gasteiger partial charge on any atom is 0.293 e. The lowest BCUT2D eigenvalue weighted by Crippen LogP contribution is -2.33. The molecule has 0 aliphatic rings. The molecule has 3 aromatic rings. The van der Waals surface area contributed by atoms with Gasteiger partial charge in [-0.25, -0.2) is 4.98 Å². The summed E-state index contributed by atoms with van der Waals surface area (Å²) in [6, 6.07) is 8.07. The van der Waals surface area contributed by atoms with E-state index in [9.17, 15) is 14.9 Å². The molecule has 9 nitrogen and oxygen atoms in total. The minimum atomic E-state index is -0.489. The highest BCUT2D eigenvalue weighted by Gasteiger charge is 2.24. The fourth-order valence-corrected chi connectivity index (χ4v) is 3.45. The Balaban J connectivity index is 1.85. The van der Waals surface area contributed by atoms with Crippen LogP contribution in [-0.2, 0) is 7.05 Å². The zero-order valence-corrected chi connectivity index (χ0v) is 17.2. The van der Waals surface area contributed by atoms with Gasteiger partial charge in [0.1, 0.15) is 11.4 Å². The van der Waals surface area contributed by atoms with E-state index in [1.807, 2.05) is 12.1 Å². The predicted octanol–water partition coefficient (Wildman–Crippen LogP) is 3.65. The number of hydrogen-bond donors (Lipinski definition) is 1. The third-order valence-electron chi connectivity index (χ3n) is 5.09. The summed E-state index contributed by atoms with van der Waals surface area (Å²) < 4.78 is 7.16. The number of imidazole rings is 1. The quantitative estimate of drug-likeness (QED) is 0.308. The van der Waals surface area contributed by atoms with Crippen molar-refractivity contribution in [3.8, 4) is 0 Å². The van der Waals surface area contributed by atoms with Gasteiger partial charge >= 0.3 is 0 Å². The second-order valence-electron chi connectivity index (χ2n) is 6.81. The van der Waals surface area contributed by atoms with Gasteiger partial charge in [-0.1, -0.05) is 13.8 Å². The Bertz CT molecular complexity index is 1010. The number of carbonyl (C=O) groups excluding carboxylic acids is 1. The number of likely N-dealkylation sites (N-methyl/N-ethyl adjacent to an activating group) is 1. The molecule has 3 rings (SSSR count). The van der Waals surface area contributed by atoms with Crippen molar-refractivity contribution in [1.82, 2.24) is 14.5 Å². The SMILES string of the molecule is CCN(CC)C(CNc1ccc(C(=O)c2nccn2C)cc1[N+](=O)[O-])c1ccco1. The fourth-order valence-electron chi connectivity index (χ4n) is 3.45. The van der Waals surface area contributed by atoms with Crippen molar-refractivity contribution in [3.05, 3.63) is 76.3 Å². The van der Waals surface area contributed by atoms with Crippen LogP contribution in [0.2, 0.25) is 0 Å². The first-order chi connectivity index (χ1) is 14.5. The summed E-state index contributed by atoms with van der Waals surface area (Å²) in [5.74, 6) is 0.647. The summed E-state index contributed by atoms with van der Waals surface area (Å²) in [7, 11) is 1.70. The van der Waals surface area contributed by atoms with Crippen molar-refractivity contribution in [2.75, 3.05) is 25.0 Å². The average molecular weight is 411 g/mol. The molecule has 1 aromatic carbocycles. The number of nitrogens with one attached hydrogen (secondary N) is 1. The highest BCUT2D eigenvalue weighted by molar-refractivity contribution is 6.07. The number of furan rings is 1. The molecule has 158 valence electrons. The van der Waals surface area contributed by atoms with E-state index in [0.29, 0.717) is 12.2 Å². The van der Waals surface area contributed by atoms with Crippen LogP contribution in [0.25, 0.3) is 0 Å². The van der Waals surface area contributed by atoms with Crippen molar-refractivity contribution in [2.45, 2.75) is 19.9 Å². The molecule has 30 heavy (non-hydrogen) atoms. The van der Waals surface area contributed by atoms with Crippen molar-refractivity contribution in [3.63, 3.8) is 0 Å². The van der Waals surface area contributed by atoms with E-state index in [-0.39, 0.29) is 28.9 Å². The third-order valence-corrected chi connectivity index (χ3v) is 5.09. The first kappa shape index (κ1) is 21.3. The van der Waals surface area contributed by atoms with Crippen LogP contribution >= 0.6 is 0 Å². The number of anilines is 1. The summed E-state index contributed by atoms with van der Waals surface area (Å²) >= 11 is 0. The molecule has 0 fully saturated rings. The summed E-state index contributed by atoms with van der Waals surface area (Å²) in [5.41, 5.74) is 0.404. The zero-order valence-electron chi connectivity index (χ0n) is 17.2. The van der Waals surface area contributed by atoms with Crippen molar-refractivity contribution >= 4 is 17.2 Å². The van der Waals surface area contributed by atoms with Gasteiger partial charge in [-0.2, -0.15) is 0 Å². The number of hydrogen-bond acceptors (Lipinski definition) is 7. The molecule has 2 aromatic heterocycles. The number of nitro groups is 1. The lowest BCUT2D eigenvalue weighted by Gasteiger charge is -2.28. The molecule has 0 aliphatic heterocycles. The van der Waals surface area contributed by atoms with Gasteiger partial charge in [-0.3, -0.25) is 19.8 Å². The molecule has 1 unspecified atom stereocenters. The minimum absolute atomic E-state index is 0.0801. The predicted molar refractivity (Wildman–Crippen MR) is 113 cm³/mol. The minimum Gasteiger partial charge on any atom is -0.468 e. The number of nitro benzene ring substituents is 1. The number of aromatic nitrogens is 2. The van der Waals surface area contributed by atoms with Gasteiger partial charge in [-0.15, -0.1) is 0 Å². The molecule has 1 N–H and O–H groups in total. The fraction of sp³-hybridized carbons (Fsp3) is 0.333. The van der Waals surface area contributed by atoms with Crippen LogP contribution in [0.1, 0.15) is 41.8 Å². The molecule has 0 spiro atoms. The van der Waals surface area contributed by atoms with Gasteiger partial charge in [-0.05, 0) is 37.4 Å². The Kier molecular flexibility index (Phi) is 6.63. The molecule has 0 amide bonds. The monoisotopic (exact) mass is 411 g/mol. The van der Waals surface area contributed by atoms with E-state index in [0.717, 1.165) is 18.8 Å². The van der Waals surface area contributed by atoms with Crippen LogP contribution in [0.4, 0.5) is 11.4 Å². The second-order valence-corrected chi connectivity index (χ2v) is 6.81. The van der Waals surface area contributed by atoms with Crippen molar-refractivity contribution < 1.29 is 14.1 Å². The molecular weight excluding hydrogens is 386 g/mol. The Morgan fingerprint density at radius 3 is 2.67 bits per heavy atom. The molecule has 0 saturated heterocycles. The molecule has 0 bridgehead atoms. The van der Waals surface area contributed by atoms with Gasteiger partial charge in [0.15, 0.2) is 5.82 Å². The molecule has 0 aliphatic carbocycles. The Hall–Kier alpha value is -3.46. The summed E-state index contributed by atoms with van der Waals surface area (Å²) in [6.45, 7) is 6.15. The number of ketones is 1. The van der Waals surface area contributed by atoms with E-state index >= 15 is 0 Å². The zero-order chi connectivity index (χ0) is 21.7. The number of benzene rings is 1. The van der Waals surface area contributed by atoms with E-state index in [4.69, 9.17) is 4.42 Å². The average Bonchev–Trinajstić information content (AvgIpc) is 3.42. The molecule has 0 saturated carbocycles. The molecule has 1 atom stereocenters. The Morgan fingerprint density at radius 2 is 2.10 bits per heavy atom. The lowest BCUT2D eigenvalue weighted by molar-refractivity contribution is -0.384. The lowest BCUT2D eigenvalue weighted by atomic mass is 10.1. The van der Waals surface area contributed by atoms with Gasteiger partial charge in [0, 0.05) is 37.6 Å². The maximum atomic E-state index is 12.7. The highest BCUT2D eigenvalue weighted by Crippen LogP contribution is 2.29. The normalized spacial score (nSPS) is 12.1. The van der Waals surface area contributed by atoms with Crippen LogP contribution < -0.4 is 5.32 Å². The van der Waals surface area contributed by atoms with Crippen molar-refractivity contribution in [2.24, 2.45) is 7.05 Å². The third kappa shape index (κ3) is 4.41. The number of carbonyl (C=O) groups is 1. The van der Waals surface area contributed by atoms with E-state index in [1.54, 1.807) is 36.2 Å². The van der Waals surface area contributed by atoms with Crippen LogP contribution in [0.5, 0.6) is 0 Å². The standard InChI is InChI=1S/C21H25N5O4/c1-4-25(5-2)18(19-7-6-12-30-19)14-23-16-9-8-15(13-17(16)26(28)29)20(27)21-22-10-11-24(21)3/h6-13,18,23H,4-5,14H2,1-3H3. The summed E-state index contributed by atoms with van der Waals surface area (Å²) in [5, 5.41) is 14.8. The first-order valence-electron chi connectivity index (χ1n) is 9.78. The Labute approximate surface area is 174 Å². The van der Waals surface area contributed by atoms with E-state index < -0.39 is 4.92 Å². The molecule has 2 heterocycles. The number of nitrogens with zero attached hydrogens (tertiary/aromatic N) is 4. The van der Waals surface area contributed by atoms with Crippen LogP contribution in [-0.4, -0.2) is 44.8 Å². The van der Waals surface area contributed by atoms with Gasteiger partial charge in [0.2, 0.25) is 5.78 Å². The molecule has 9 heteroatoms. The highest BCUT2D eigenvalue weighted by atomic mass is 16.6. The smallest absolute Gasteiger partial charge is 0.293 e. The number of aryl methyl sites for hydroxylation is 1.